The van der Waals surface area contributed by atoms with Gasteiger partial charge in [-0.15, -0.1) is 0 Å². The number of hydrogen-bond donors (Lipinski definition) is 0. The first-order valence-electron chi connectivity index (χ1n) is 3.67. The van der Waals surface area contributed by atoms with Crippen molar-refractivity contribution in [1.82, 2.24) is 4.98 Å². The number of aromatic nitrogens is 1. The number of pyridine rings is 1. The average Bonchev–Trinajstić information content (AvgIpc) is 2.03. The molecule has 13 heavy (non-hydrogen) atoms. The summed E-state index contributed by atoms with van der Waals surface area (Å²) in [5.74, 6) is -1.68. The molecular formula is C8H9F2NO2. The van der Waals surface area contributed by atoms with Gasteiger partial charge in [-0.3, -0.25) is 0 Å². The molecule has 0 radical (unpaired) electrons. The van der Waals surface area contributed by atoms with Crippen LogP contribution in [0.25, 0.3) is 0 Å². The lowest BCUT2D eigenvalue weighted by molar-refractivity contribution is 0.145. The summed E-state index contributed by atoms with van der Waals surface area (Å²) in [6.07, 6.45) is 0. The molecule has 0 aromatic carbocycles. The summed E-state index contributed by atoms with van der Waals surface area (Å²) in [7, 11) is 1.51. The van der Waals surface area contributed by atoms with Gasteiger partial charge in [0.15, 0.2) is 0 Å². The lowest BCUT2D eigenvalue weighted by Crippen LogP contribution is -2.05. The van der Waals surface area contributed by atoms with Crippen LogP contribution in [-0.2, 0) is 4.74 Å². The van der Waals surface area contributed by atoms with Gasteiger partial charge in [-0.2, -0.15) is 13.8 Å². The normalized spacial score (nSPS) is 10.1. The Morgan fingerprint density at radius 3 is 2.38 bits per heavy atom. The first-order chi connectivity index (χ1) is 6.22. The Hall–Kier alpha value is -1.23. The third kappa shape index (κ3) is 3.33. The maximum atomic E-state index is 12.5. The number of halogens is 2. The van der Waals surface area contributed by atoms with E-state index in [0.717, 1.165) is 12.1 Å². The van der Waals surface area contributed by atoms with Gasteiger partial charge in [0.25, 0.3) is 0 Å². The van der Waals surface area contributed by atoms with E-state index in [4.69, 9.17) is 9.47 Å². The topological polar surface area (TPSA) is 31.4 Å². The van der Waals surface area contributed by atoms with Crippen LogP contribution in [-0.4, -0.2) is 25.3 Å². The molecule has 72 valence electrons. The average molecular weight is 189 g/mol. The van der Waals surface area contributed by atoms with Gasteiger partial charge in [-0.05, 0) is 0 Å². The molecule has 0 aliphatic carbocycles. The van der Waals surface area contributed by atoms with Crippen molar-refractivity contribution in [3.8, 4) is 5.75 Å². The highest BCUT2D eigenvalue weighted by Gasteiger charge is 2.01. The summed E-state index contributed by atoms with van der Waals surface area (Å²) >= 11 is 0. The standard InChI is InChI=1S/C8H9F2NO2/c1-12-2-3-13-6-4-7(9)11-8(10)5-6/h4-5H,2-3H2,1H3. The lowest BCUT2D eigenvalue weighted by atomic mass is 10.4. The molecular weight excluding hydrogens is 180 g/mol. The van der Waals surface area contributed by atoms with Crippen LogP contribution >= 0.6 is 0 Å². The van der Waals surface area contributed by atoms with E-state index in [1.54, 1.807) is 0 Å². The SMILES string of the molecule is COCCOc1cc(F)nc(F)c1. The third-order valence-corrected chi connectivity index (χ3v) is 1.29. The molecule has 1 aromatic rings. The zero-order chi connectivity index (χ0) is 9.68. The van der Waals surface area contributed by atoms with Crippen LogP contribution < -0.4 is 4.74 Å². The number of methoxy groups -OCH3 is 1. The Morgan fingerprint density at radius 1 is 1.23 bits per heavy atom. The number of hydrogen-bond acceptors (Lipinski definition) is 3. The predicted molar refractivity (Wildman–Crippen MR) is 41.5 cm³/mol. The van der Waals surface area contributed by atoms with Crippen molar-refractivity contribution >= 4 is 0 Å². The smallest absolute Gasteiger partial charge is 0.219 e. The van der Waals surface area contributed by atoms with Crippen LogP contribution in [0.5, 0.6) is 5.75 Å². The predicted octanol–water partition coefficient (Wildman–Crippen LogP) is 1.39. The fraction of sp³-hybridized carbons (Fsp3) is 0.375. The molecule has 0 atom stereocenters. The van der Waals surface area contributed by atoms with Gasteiger partial charge in [-0.25, -0.2) is 0 Å². The molecule has 0 spiro atoms. The molecule has 0 aliphatic rings. The fourth-order valence-corrected chi connectivity index (χ4v) is 0.769. The quantitative estimate of drug-likeness (QED) is 0.529. The van der Waals surface area contributed by atoms with Gasteiger partial charge in [0.2, 0.25) is 11.9 Å². The second kappa shape index (κ2) is 4.71. The molecule has 0 bridgehead atoms. The van der Waals surface area contributed by atoms with Crippen LogP contribution in [0, 0.1) is 11.9 Å². The summed E-state index contributed by atoms with van der Waals surface area (Å²) in [5.41, 5.74) is 0. The lowest BCUT2D eigenvalue weighted by Gasteiger charge is -2.04. The van der Waals surface area contributed by atoms with Gasteiger partial charge in [0, 0.05) is 19.2 Å². The first-order valence-corrected chi connectivity index (χ1v) is 3.67. The maximum Gasteiger partial charge on any atom is 0.219 e. The van der Waals surface area contributed by atoms with Gasteiger partial charge < -0.3 is 9.47 Å². The third-order valence-electron chi connectivity index (χ3n) is 1.29. The molecule has 0 aliphatic heterocycles. The molecule has 0 saturated carbocycles. The minimum Gasteiger partial charge on any atom is -0.491 e. The highest BCUT2D eigenvalue weighted by molar-refractivity contribution is 5.18. The molecule has 5 heteroatoms. The molecule has 0 unspecified atom stereocenters. The van der Waals surface area contributed by atoms with E-state index in [1.807, 2.05) is 0 Å². The van der Waals surface area contributed by atoms with E-state index in [0.29, 0.717) is 6.61 Å². The summed E-state index contributed by atoms with van der Waals surface area (Å²) in [4.78, 5) is 2.92. The van der Waals surface area contributed by atoms with E-state index >= 15 is 0 Å². The summed E-state index contributed by atoms with van der Waals surface area (Å²) in [6.45, 7) is 0.616. The van der Waals surface area contributed by atoms with E-state index in [1.165, 1.54) is 7.11 Å². The van der Waals surface area contributed by atoms with Crippen molar-refractivity contribution in [1.29, 1.82) is 0 Å². The molecule has 1 rings (SSSR count). The van der Waals surface area contributed by atoms with Gasteiger partial charge in [0.1, 0.15) is 12.4 Å². The van der Waals surface area contributed by atoms with E-state index in [2.05, 4.69) is 4.98 Å². The van der Waals surface area contributed by atoms with Crippen molar-refractivity contribution in [2.45, 2.75) is 0 Å². The summed E-state index contributed by atoms with van der Waals surface area (Å²) in [6, 6.07) is 2.03. The number of ether oxygens (including phenoxy) is 2. The molecule has 0 saturated heterocycles. The van der Waals surface area contributed by atoms with Crippen molar-refractivity contribution in [3.63, 3.8) is 0 Å². The van der Waals surface area contributed by atoms with Gasteiger partial charge >= 0.3 is 0 Å². The summed E-state index contributed by atoms with van der Waals surface area (Å²) < 4.78 is 34.6. The van der Waals surface area contributed by atoms with E-state index in [-0.39, 0.29) is 12.4 Å². The number of rotatable bonds is 4. The van der Waals surface area contributed by atoms with E-state index in [9.17, 15) is 8.78 Å². The van der Waals surface area contributed by atoms with Gasteiger partial charge in [0.05, 0.1) is 6.61 Å². The summed E-state index contributed by atoms with van der Waals surface area (Å²) in [5, 5.41) is 0. The molecule has 0 N–H and O–H groups in total. The Bertz CT molecular complexity index is 261. The van der Waals surface area contributed by atoms with E-state index < -0.39 is 11.9 Å². The highest BCUT2D eigenvalue weighted by atomic mass is 19.1. The zero-order valence-electron chi connectivity index (χ0n) is 7.09. The monoisotopic (exact) mass is 189 g/mol. The van der Waals surface area contributed by atoms with Crippen LogP contribution in [0.1, 0.15) is 0 Å². The second-order valence-electron chi connectivity index (χ2n) is 2.29. The first kappa shape index (κ1) is 9.85. The largest absolute Gasteiger partial charge is 0.491 e. The van der Waals surface area contributed by atoms with Crippen molar-refractivity contribution in [2.75, 3.05) is 20.3 Å². The fourth-order valence-electron chi connectivity index (χ4n) is 0.769. The van der Waals surface area contributed by atoms with Crippen molar-refractivity contribution in [3.05, 3.63) is 24.0 Å². The zero-order valence-corrected chi connectivity index (χ0v) is 7.09. The molecule has 0 amide bonds. The van der Waals surface area contributed by atoms with Crippen LogP contribution in [0.15, 0.2) is 12.1 Å². The Kier molecular flexibility index (Phi) is 3.57. The van der Waals surface area contributed by atoms with Crippen molar-refractivity contribution in [2.24, 2.45) is 0 Å². The molecule has 1 heterocycles. The Morgan fingerprint density at radius 2 is 1.85 bits per heavy atom. The van der Waals surface area contributed by atoms with Crippen molar-refractivity contribution < 1.29 is 18.3 Å². The molecule has 1 aromatic heterocycles. The molecule has 3 nitrogen and oxygen atoms in total. The minimum atomic E-state index is -0.896. The Balaban J connectivity index is 2.56. The Labute approximate surface area is 74.3 Å². The van der Waals surface area contributed by atoms with Gasteiger partial charge in [-0.1, -0.05) is 0 Å². The van der Waals surface area contributed by atoms with Crippen LogP contribution in [0.3, 0.4) is 0 Å². The van der Waals surface area contributed by atoms with Crippen LogP contribution in [0.2, 0.25) is 0 Å². The highest BCUT2D eigenvalue weighted by Crippen LogP contribution is 2.12. The second-order valence-corrected chi connectivity index (χ2v) is 2.29. The minimum absolute atomic E-state index is 0.113. The van der Waals surface area contributed by atoms with Crippen LogP contribution in [0.4, 0.5) is 8.78 Å². The maximum absolute atomic E-state index is 12.5. The number of nitrogens with zero attached hydrogens (tertiary/aromatic N) is 1. The molecule has 0 fully saturated rings.